The lowest BCUT2D eigenvalue weighted by Gasteiger charge is -2.41. The topological polar surface area (TPSA) is 210 Å². The van der Waals surface area contributed by atoms with Crippen molar-refractivity contribution in [2.75, 3.05) is 13.2 Å². The van der Waals surface area contributed by atoms with Crippen molar-refractivity contribution in [2.45, 2.75) is 211 Å². The van der Waals surface area contributed by atoms with Crippen LogP contribution in [0.25, 0.3) is 0 Å². The molecule has 0 spiro atoms. The maximum absolute atomic E-state index is 12.8. The van der Waals surface area contributed by atoms with Gasteiger partial charge in [0, 0.05) is 12.8 Å². The molecular weight excluding hydrogens is 828 g/mol. The summed E-state index contributed by atoms with van der Waals surface area (Å²) < 4.78 is 33.4. The molecule has 0 radical (unpaired) electrons. The molecule has 63 heavy (non-hydrogen) atoms. The van der Waals surface area contributed by atoms with Gasteiger partial charge in [0.25, 0.3) is 0 Å². The highest BCUT2D eigenvalue weighted by molar-refractivity contribution is 7.47. The summed E-state index contributed by atoms with van der Waals surface area (Å²) in [6.45, 7) is 3.09. The molecule has 0 bridgehead atoms. The number of rotatable bonds is 38. The smallest absolute Gasteiger partial charge is 0.462 e. The lowest BCUT2D eigenvalue weighted by molar-refractivity contribution is -0.220. The van der Waals surface area contributed by atoms with Crippen LogP contribution in [0.2, 0.25) is 0 Å². The quantitative estimate of drug-likeness (QED) is 0.0112. The number of aliphatic hydroxyl groups excluding tert-OH is 5. The molecule has 13 nitrogen and oxygen atoms in total. The van der Waals surface area contributed by atoms with Crippen LogP contribution >= 0.6 is 7.82 Å². The summed E-state index contributed by atoms with van der Waals surface area (Å²) >= 11 is 0. The molecule has 1 fully saturated rings. The van der Waals surface area contributed by atoms with Crippen LogP contribution in [0.5, 0.6) is 0 Å². The Kier molecular flexibility index (Phi) is 35.7. The molecule has 362 valence electrons. The van der Waals surface area contributed by atoms with Gasteiger partial charge in [-0.25, -0.2) is 4.57 Å². The van der Waals surface area contributed by atoms with Crippen molar-refractivity contribution in [3.63, 3.8) is 0 Å². The largest absolute Gasteiger partial charge is 0.472 e. The van der Waals surface area contributed by atoms with E-state index in [-0.39, 0.29) is 12.8 Å². The van der Waals surface area contributed by atoms with Crippen LogP contribution in [-0.2, 0) is 32.7 Å². The molecule has 14 heteroatoms. The molecule has 1 aliphatic rings. The van der Waals surface area contributed by atoms with E-state index < -0.39 is 75.7 Å². The summed E-state index contributed by atoms with van der Waals surface area (Å²) in [7, 11) is -5.14. The summed E-state index contributed by atoms with van der Waals surface area (Å²) in [5, 5.41) is 50.1. The van der Waals surface area contributed by atoms with Crippen LogP contribution in [0.15, 0.2) is 72.9 Å². The molecule has 0 aromatic heterocycles. The lowest BCUT2D eigenvalue weighted by Crippen LogP contribution is -2.64. The molecule has 0 aliphatic heterocycles. The molecule has 0 heterocycles. The number of carbonyl (C=O) groups is 2. The van der Waals surface area contributed by atoms with Crippen LogP contribution in [0, 0.1) is 0 Å². The van der Waals surface area contributed by atoms with Gasteiger partial charge in [-0.15, -0.1) is 0 Å². The predicted molar refractivity (Wildman–Crippen MR) is 249 cm³/mol. The standard InChI is InChI=1S/C49H83O13P/c1-3-5-7-9-11-13-15-17-18-19-20-21-22-23-24-26-27-29-31-33-35-37-42(50)59-39-41(40-60-63(57,58)62-49-47(55)45(53)44(52)46(54)48(49)56)61-43(51)38-36-34-32-30-28-25-16-14-12-10-8-6-4-2/h6,8,10,12,14,16,21-22,25,28,30,32,41,44-49,52-56H,3-5,7,9,11,13,15,17-20,23-24,26-27,29,31,33-40H2,1-2H3,(H,57,58)/b8-6+,12-10+,16-14+,22-21+,28-25+,32-30+/t41?,44?,45-,46?,47?,48?,49?/m0/s1. The summed E-state index contributed by atoms with van der Waals surface area (Å²) in [5.74, 6) is -1.20. The zero-order chi connectivity index (χ0) is 46.4. The van der Waals surface area contributed by atoms with E-state index in [2.05, 4.69) is 32.1 Å². The third-order valence-electron chi connectivity index (χ3n) is 10.7. The lowest BCUT2D eigenvalue weighted by atomic mass is 9.85. The molecule has 0 saturated heterocycles. The molecule has 0 aromatic carbocycles. The molecular formula is C49H83O13P. The van der Waals surface area contributed by atoms with E-state index in [4.69, 9.17) is 18.5 Å². The Hall–Kier alpha value is -2.71. The van der Waals surface area contributed by atoms with Crippen molar-refractivity contribution in [3.05, 3.63) is 72.9 Å². The van der Waals surface area contributed by atoms with E-state index in [0.29, 0.717) is 19.3 Å². The zero-order valence-electron chi connectivity index (χ0n) is 38.3. The van der Waals surface area contributed by atoms with Gasteiger partial charge in [0.1, 0.15) is 43.2 Å². The second kappa shape index (κ2) is 38.5. The number of esters is 2. The minimum atomic E-state index is -5.14. The highest BCUT2D eigenvalue weighted by Gasteiger charge is 2.51. The average Bonchev–Trinajstić information content (AvgIpc) is 3.26. The van der Waals surface area contributed by atoms with Crippen molar-refractivity contribution in [3.8, 4) is 0 Å². The number of aliphatic hydroxyl groups is 5. The molecule has 0 amide bonds. The van der Waals surface area contributed by atoms with Crippen molar-refractivity contribution < 1.29 is 63.1 Å². The van der Waals surface area contributed by atoms with Gasteiger partial charge in [-0.3, -0.25) is 18.6 Å². The van der Waals surface area contributed by atoms with E-state index in [1.54, 1.807) is 0 Å². The summed E-state index contributed by atoms with van der Waals surface area (Å²) in [5.41, 5.74) is 0. The predicted octanol–water partition coefficient (Wildman–Crippen LogP) is 9.50. The van der Waals surface area contributed by atoms with Gasteiger partial charge in [0.2, 0.25) is 0 Å². The Balaban J connectivity index is 2.44. The fraction of sp³-hybridized carbons (Fsp3) is 0.714. The first-order valence-electron chi connectivity index (χ1n) is 23.8. The van der Waals surface area contributed by atoms with Gasteiger partial charge >= 0.3 is 19.8 Å². The number of ether oxygens (including phenoxy) is 2. The molecule has 1 aliphatic carbocycles. The van der Waals surface area contributed by atoms with Gasteiger partial charge in [0.05, 0.1) is 6.61 Å². The number of phosphoric acid groups is 1. The fourth-order valence-corrected chi connectivity index (χ4v) is 7.81. The highest BCUT2D eigenvalue weighted by Crippen LogP contribution is 2.47. The molecule has 1 saturated carbocycles. The highest BCUT2D eigenvalue weighted by atomic mass is 31.2. The van der Waals surface area contributed by atoms with Crippen molar-refractivity contribution >= 4 is 19.8 Å². The van der Waals surface area contributed by atoms with E-state index in [1.807, 2.05) is 54.7 Å². The number of phosphoric ester groups is 1. The molecule has 6 N–H and O–H groups in total. The van der Waals surface area contributed by atoms with Crippen molar-refractivity contribution in [1.29, 1.82) is 0 Å². The third kappa shape index (κ3) is 31.0. The monoisotopic (exact) mass is 911 g/mol. The fourth-order valence-electron chi connectivity index (χ4n) is 6.84. The SMILES string of the molecule is CC/C=C/C=C/C=C/C=C/C=C/CCCC(=O)OC(COC(=O)CCCCCCCCC/C=C/CCCCCCCCCCCC)COP(=O)(O)OC1C(O)C(O)C(O)[C@H](O)C1O. The number of unbranched alkanes of at least 4 members (excludes halogenated alkanes) is 18. The summed E-state index contributed by atoms with van der Waals surface area (Å²) in [4.78, 5) is 35.7. The molecule has 7 unspecified atom stereocenters. The maximum Gasteiger partial charge on any atom is 0.472 e. The number of carbonyl (C=O) groups excluding carboxylic acids is 2. The third-order valence-corrected chi connectivity index (χ3v) is 11.6. The van der Waals surface area contributed by atoms with E-state index >= 15 is 0 Å². The van der Waals surface area contributed by atoms with Crippen LogP contribution in [0.3, 0.4) is 0 Å². The van der Waals surface area contributed by atoms with Crippen LogP contribution in [0.1, 0.15) is 168 Å². The molecule has 1 rings (SSSR count). The van der Waals surface area contributed by atoms with Crippen LogP contribution < -0.4 is 0 Å². The number of hydrogen-bond donors (Lipinski definition) is 6. The first kappa shape index (κ1) is 58.3. The van der Waals surface area contributed by atoms with Crippen molar-refractivity contribution in [2.24, 2.45) is 0 Å². The van der Waals surface area contributed by atoms with E-state index in [9.17, 15) is 44.6 Å². The Labute approximate surface area is 378 Å². The maximum atomic E-state index is 12.8. The van der Waals surface area contributed by atoms with Crippen LogP contribution in [0.4, 0.5) is 0 Å². The van der Waals surface area contributed by atoms with Gasteiger partial charge in [-0.05, 0) is 51.4 Å². The van der Waals surface area contributed by atoms with Gasteiger partial charge in [0.15, 0.2) is 6.10 Å². The Morgan fingerprint density at radius 1 is 0.508 bits per heavy atom. The second-order valence-corrected chi connectivity index (χ2v) is 17.8. The number of hydrogen-bond acceptors (Lipinski definition) is 12. The Morgan fingerprint density at radius 2 is 0.937 bits per heavy atom. The minimum absolute atomic E-state index is 0.00351. The zero-order valence-corrected chi connectivity index (χ0v) is 39.2. The van der Waals surface area contributed by atoms with E-state index in [1.165, 1.54) is 83.5 Å². The minimum Gasteiger partial charge on any atom is -0.462 e. The van der Waals surface area contributed by atoms with Gasteiger partial charge < -0.3 is 39.9 Å². The molecule has 8 atom stereocenters. The Bertz CT molecular complexity index is 1380. The Morgan fingerprint density at radius 3 is 1.46 bits per heavy atom. The normalized spacial score (nSPS) is 22.3. The van der Waals surface area contributed by atoms with Gasteiger partial charge in [-0.1, -0.05) is 177 Å². The summed E-state index contributed by atoms with van der Waals surface area (Å²) in [6, 6.07) is 0. The van der Waals surface area contributed by atoms with E-state index in [0.717, 1.165) is 38.5 Å². The second-order valence-electron chi connectivity index (χ2n) is 16.3. The molecule has 0 aromatic rings. The van der Waals surface area contributed by atoms with Gasteiger partial charge in [-0.2, -0.15) is 0 Å². The average molecular weight is 911 g/mol. The van der Waals surface area contributed by atoms with Crippen molar-refractivity contribution in [1.82, 2.24) is 0 Å². The first-order valence-corrected chi connectivity index (χ1v) is 25.3. The first-order chi connectivity index (χ1) is 30.4. The van der Waals surface area contributed by atoms with Crippen LogP contribution in [-0.4, -0.2) is 98.3 Å². The summed E-state index contributed by atoms with van der Waals surface area (Å²) in [6.07, 6.45) is 35.5. The number of allylic oxidation sites excluding steroid dienone is 12.